The van der Waals surface area contributed by atoms with Gasteiger partial charge in [0.1, 0.15) is 30.0 Å². The van der Waals surface area contributed by atoms with Crippen molar-refractivity contribution in [1.82, 2.24) is 5.32 Å². The standard InChI is InChI=1S/C15H18FNO3/c1-11(15-3-2-8-19-15)17-9-13(18)10-20-14-6-4-12(16)5-7-14/h2-8,11,13,17-18H,9-10H2,1H3/t11-,13?/m1/s1. The SMILES string of the molecule is C[C@@H](NCC(O)COc1ccc(F)cc1)c1ccco1. The van der Waals surface area contributed by atoms with Crippen LogP contribution in [0.15, 0.2) is 47.1 Å². The highest BCUT2D eigenvalue weighted by molar-refractivity contribution is 5.22. The van der Waals surface area contributed by atoms with E-state index >= 15 is 0 Å². The minimum absolute atomic E-state index is 0.0190. The molecule has 0 bridgehead atoms. The van der Waals surface area contributed by atoms with E-state index in [4.69, 9.17) is 9.15 Å². The molecule has 1 aromatic heterocycles. The second-order valence-electron chi connectivity index (χ2n) is 4.56. The lowest BCUT2D eigenvalue weighted by Gasteiger charge is -2.16. The Morgan fingerprint density at radius 2 is 2.05 bits per heavy atom. The van der Waals surface area contributed by atoms with Gasteiger partial charge in [0, 0.05) is 6.54 Å². The van der Waals surface area contributed by atoms with Crippen LogP contribution in [0.25, 0.3) is 0 Å². The first-order valence-corrected chi connectivity index (χ1v) is 6.48. The molecule has 108 valence electrons. The molecule has 0 saturated carbocycles. The smallest absolute Gasteiger partial charge is 0.123 e. The molecule has 0 aliphatic carbocycles. The zero-order valence-corrected chi connectivity index (χ0v) is 11.3. The normalized spacial score (nSPS) is 13.9. The lowest BCUT2D eigenvalue weighted by molar-refractivity contribution is 0.103. The average molecular weight is 279 g/mol. The van der Waals surface area contributed by atoms with Gasteiger partial charge in [0.05, 0.1) is 12.3 Å². The molecule has 0 aliphatic heterocycles. The Hall–Kier alpha value is -1.85. The van der Waals surface area contributed by atoms with E-state index < -0.39 is 6.10 Å². The fraction of sp³-hybridized carbons (Fsp3) is 0.333. The van der Waals surface area contributed by atoms with Crippen LogP contribution < -0.4 is 10.1 Å². The number of aliphatic hydroxyl groups is 1. The highest BCUT2D eigenvalue weighted by Crippen LogP contribution is 2.13. The van der Waals surface area contributed by atoms with Crippen LogP contribution in [0.2, 0.25) is 0 Å². The first-order chi connectivity index (χ1) is 9.65. The third kappa shape index (κ3) is 4.36. The molecule has 2 N–H and O–H groups in total. The van der Waals surface area contributed by atoms with Crippen molar-refractivity contribution in [2.75, 3.05) is 13.2 Å². The Morgan fingerprint density at radius 3 is 2.70 bits per heavy atom. The van der Waals surface area contributed by atoms with Crippen molar-refractivity contribution in [2.45, 2.75) is 19.1 Å². The fourth-order valence-corrected chi connectivity index (χ4v) is 1.73. The van der Waals surface area contributed by atoms with E-state index in [9.17, 15) is 9.50 Å². The van der Waals surface area contributed by atoms with E-state index in [2.05, 4.69) is 5.32 Å². The van der Waals surface area contributed by atoms with Gasteiger partial charge in [-0.05, 0) is 43.3 Å². The quantitative estimate of drug-likeness (QED) is 0.817. The van der Waals surface area contributed by atoms with Crippen LogP contribution in [0.3, 0.4) is 0 Å². The van der Waals surface area contributed by atoms with Crippen LogP contribution in [-0.4, -0.2) is 24.4 Å². The highest BCUT2D eigenvalue weighted by Gasteiger charge is 2.11. The number of halogens is 1. The van der Waals surface area contributed by atoms with Crippen molar-refractivity contribution in [3.8, 4) is 5.75 Å². The molecule has 2 atom stereocenters. The number of hydrogen-bond acceptors (Lipinski definition) is 4. The molecule has 0 aliphatic rings. The summed E-state index contributed by atoms with van der Waals surface area (Å²) in [6.07, 6.45) is 0.958. The zero-order valence-electron chi connectivity index (χ0n) is 11.3. The first-order valence-electron chi connectivity index (χ1n) is 6.48. The van der Waals surface area contributed by atoms with E-state index in [1.807, 2.05) is 19.1 Å². The number of benzene rings is 1. The number of aliphatic hydroxyl groups excluding tert-OH is 1. The number of nitrogens with one attached hydrogen (secondary N) is 1. The van der Waals surface area contributed by atoms with Gasteiger partial charge in [-0.2, -0.15) is 0 Å². The molecule has 4 nitrogen and oxygen atoms in total. The molecule has 5 heteroatoms. The monoisotopic (exact) mass is 279 g/mol. The second-order valence-corrected chi connectivity index (χ2v) is 4.56. The van der Waals surface area contributed by atoms with Crippen LogP contribution in [0.1, 0.15) is 18.7 Å². The molecule has 1 unspecified atom stereocenters. The minimum atomic E-state index is -0.655. The number of furan rings is 1. The van der Waals surface area contributed by atoms with Crippen molar-refractivity contribution in [3.63, 3.8) is 0 Å². The molecule has 0 fully saturated rings. The predicted octanol–water partition coefficient (Wildman–Crippen LogP) is 2.51. The largest absolute Gasteiger partial charge is 0.491 e. The summed E-state index contributed by atoms with van der Waals surface area (Å²) in [5.41, 5.74) is 0. The maximum absolute atomic E-state index is 12.7. The summed E-state index contributed by atoms with van der Waals surface area (Å²) >= 11 is 0. The van der Waals surface area contributed by atoms with E-state index in [0.29, 0.717) is 12.3 Å². The molecule has 0 saturated heterocycles. The molecule has 1 aromatic carbocycles. The summed E-state index contributed by atoms with van der Waals surface area (Å²) in [4.78, 5) is 0. The van der Waals surface area contributed by atoms with Gasteiger partial charge in [0.2, 0.25) is 0 Å². The highest BCUT2D eigenvalue weighted by atomic mass is 19.1. The molecule has 0 spiro atoms. The molecule has 1 heterocycles. The second kappa shape index (κ2) is 7.07. The molecule has 20 heavy (non-hydrogen) atoms. The van der Waals surface area contributed by atoms with Gasteiger partial charge < -0.3 is 19.6 Å². The van der Waals surface area contributed by atoms with Crippen molar-refractivity contribution in [2.24, 2.45) is 0 Å². The summed E-state index contributed by atoms with van der Waals surface area (Å²) < 4.78 is 23.3. The maximum Gasteiger partial charge on any atom is 0.123 e. The van der Waals surface area contributed by atoms with Gasteiger partial charge in [-0.25, -0.2) is 4.39 Å². The average Bonchev–Trinajstić information content (AvgIpc) is 2.98. The third-order valence-electron chi connectivity index (χ3n) is 2.89. The van der Waals surface area contributed by atoms with Crippen LogP contribution in [0.5, 0.6) is 5.75 Å². The van der Waals surface area contributed by atoms with Crippen molar-refractivity contribution in [3.05, 3.63) is 54.2 Å². The van der Waals surface area contributed by atoms with Gasteiger partial charge >= 0.3 is 0 Å². The molecular weight excluding hydrogens is 261 g/mol. The van der Waals surface area contributed by atoms with E-state index in [1.54, 1.807) is 6.26 Å². The Bertz CT molecular complexity index is 498. The molecule has 2 rings (SSSR count). The maximum atomic E-state index is 12.7. The summed E-state index contributed by atoms with van der Waals surface area (Å²) in [5.74, 6) is 1.04. The van der Waals surface area contributed by atoms with Gasteiger partial charge in [0.15, 0.2) is 0 Å². The van der Waals surface area contributed by atoms with Crippen molar-refractivity contribution >= 4 is 0 Å². The van der Waals surface area contributed by atoms with Crippen LogP contribution in [0.4, 0.5) is 4.39 Å². The minimum Gasteiger partial charge on any atom is -0.491 e. The topological polar surface area (TPSA) is 54.6 Å². The van der Waals surface area contributed by atoms with Gasteiger partial charge in [-0.1, -0.05) is 0 Å². The van der Waals surface area contributed by atoms with E-state index in [1.165, 1.54) is 24.3 Å². The zero-order chi connectivity index (χ0) is 14.4. The first kappa shape index (κ1) is 14.6. The van der Waals surface area contributed by atoms with Gasteiger partial charge in [-0.3, -0.25) is 0 Å². The lowest BCUT2D eigenvalue weighted by Crippen LogP contribution is -2.32. The van der Waals surface area contributed by atoms with Crippen LogP contribution in [0, 0.1) is 5.82 Å². The number of ether oxygens (including phenoxy) is 1. The Kier molecular flexibility index (Phi) is 5.15. The Balaban J connectivity index is 1.70. The van der Waals surface area contributed by atoms with E-state index in [-0.39, 0.29) is 18.5 Å². The van der Waals surface area contributed by atoms with Crippen LogP contribution in [-0.2, 0) is 0 Å². The lowest BCUT2D eigenvalue weighted by atomic mass is 10.2. The van der Waals surface area contributed by atoms with Gasteiger partial charge in [0.25, 0.3) is 0 Å². The van der Waals surface area contributed by atoms with Crippen LogP contribution >= 0.6 is 0 Å². The molecule has 0 amide bonds. The summed E-state index contributed by atoms with van der Waals surface area (Å²) in [7, 11) is 0. The third-order valence-corrected chi connectivity index (χ3v) is 2.89. The Morgan fingerprint density at radius 1 is 1.30 bits per heavy atom. The molecular formula is C15H18FNO3. The fourth-order valence-electron chi connectivity index (χ4n) is 1.73. The molecule has 0 radical (unpaired) electrons. The molecule has 2 aromatic rings. The number of rotatable bonds is 7. The predicted molar refractivity (Wildman–Crippen MR) is 73.0 cm³/mol. The van der Waals surface area contributed by atoms with Crippen molar-refractivity contribution in [1.29, 1.82) is 0 Å². The van der Waals surface area contributed by atoms with E-state index in [0.717, 1.165) is 5.76 Å². The summed E-state index contributed by atoms with van der Waals surface area (Å²) in [5, 5.41) is 13.0. The van der Waals surface area contributed by atoms with Crippen molar-refractivity contribution < 1.29 is 18.7 Å². The number of hydrogen-bond donors (Lipinski definition) is 2. The van der Waals surface area contributed by atoms with Gasteiger partial charge in [-0.15, -0.1) is 0 Å². The summed E-state index contributed by atoms with van der Waals surface area (Å²) in [6.45, 7) is 2.47. The summed E-state index contributed by atoms with van der Waals surface area (Å²) in [6, 6.07) is 9.41. The Labute approximate surface area is 117 Å².